The first-order chi connectivity index (χ1) is 9.15. The molecule has 1 aromatic rings. The summed E-state index contributed by atoms with van der Waals surface area (Å²) < 4.78 is 6.60. The minimum absolute atomic E-state index is 0.136. The van der Waals surface area contributed by atoms with Crippen molar-refractivity contribution in [3.63, 3.8) is 0 Å². The van der Waals surface area contributed by atoms with Gasteiger partial charge in [0.05, 0.1) is 6.10 Å². The number of anilines is 1. The van der Waals surface area contributed by atoms with Crippen LogP contribution in [0.25, 0.3) is 0 Å². The predicted molar refractivity (Wildman–Crippen MR) is 79.4 cm³/mol. The fourth-order valence-corrected chi connectivity index (χ4v) is 4.09. The van der Waals surface area contributed by atoms with Gasteiger partial charge in [0.25, 0.3) is 0 Å². The first-order valence-corrected chi connectivity index (χ1v) is 8.07. The van der Waals surface area contributed by atoms with E-state index in [1.165, 1.54) is 0 Å². The lowest BCUT2D eigenvalue weighted by Gasteiger charge is -2.11. The summed E-state index contributed by atoms with van der Waals surface area (Å²) in [6, 6.07) is 3.38. The molecule has 1 aromatic carbocycles. The second kappa shape index (κ2) is 5.44. The highest BCUT2D eigenvalue weighted by atomic mass is 79.9. The maximum atomic E-state index is 11.5. The molecule has 0 bridgehead atoms. The Morgan fingerprint density at radius 2 is 2.37 bits per heavy atom. The van der Waals surface area contributed by atoms with Crippen molar-refractivity contribution in [3.05, 3.63) is 22.2 Å². The maximum absolute atomic E-state index is 11.5. The van der Waals surface area contributed by atoms with E-state index in [2.05, 4.69) is 21.2 Å². The van der Waals surface area contributed by atoms with Crippen LogP contribution in [0.3, 0.4) is 0 Å². The van der Waals surface area contributed by atoms with E-state index in [1.54, 1.807) is 11.8 Å². The number of fused-ring (bicyclic) bond motifs is 1. The molecule has 2 aliphatic rings. The number of nitrogens with one attached hydrogen (secondary N) is 1. The molecule has 3 rings (SSSR count). The molecule has 2 aliphatic heterocycles. The molecule has 2 heterocycles. The summed E-state index contributed by atoms with van der Waals surface area (Å²) in [7, 11) is 0. The highest BCUT2D eigenvalue weighted by molar-refractivity contribution is 9.10. The van der Waals surface area contributed by atoms with Crippen LogP contribution in [0.1, 0.15) is 24.4 Å². The Bertz CT molecular complexity index is 518. The monoisotopic (exact) mass is 342 g/mol. The number of benzene rings is 1. The van der Waals surface area contributed by atoms with Crippen LogP contribution in [0, 0.1) is 0 Å². The summed E-state index contributed by atoms with van der Waals surface area (Å²) in [4.78, 5) is 12.7. The Balaban J connectivity index is 1.76. The first kappa shape index (κ1) is 13.4. The number of nitrogens with two attached hydrogens (primary N) is 1. The Morgan fingerprint density at radius 1 is 1.53 bits per heavy atom. The third-order valence-electron chi connectivity index (χ3n) is 3.43. The van der Waals surface area contributed by atoms with Gasteiger partial charge in [-0.3, -0.25) is 4.79 Å². The largest absolute Gasteiger partial charge is 0.377 e. The molecule has 102 valence electrons. The van der Waals surface area contributed by atoms with E-state index in [9.17, 15) is 4.79 Å². The fraction of sp³-hybridized carbons (Fsp3) is 0.462. The van der Waals surface area contributed by atoms with Gasteiger partial charge in [-0.1, -0.05) is 0 Å². The summed E-state index contributed by atoms with van der Waals surface area (Å²) in [6.07, 6.45) is 2.64. The van der Waals surface area contributed by atoms with E-state index < -0.39 is 6.04 Å². The molecular weight excluding hydrogens is 328 g/mol. The number of hydrogen-bond acceptors (Lipinski definition) is 4. The maximum Gasteiger partial charge on any atom is 0.245 e. The molecular formula is C13H15BrN2O2S. The van der Waals surface area contributed by atoms with Crippen LogP contribution >= 0.6 is 27.7 Å². The van der Waals surface area contributed by atoms with Gasteiger partial charge in [-0.25, -0.2) is 0 Å². The van der Waals surface area contributed by atoms with Gasteiger partial charge in [-0.2, -0.15) is 0 Å². The lowest BCUT2D eigenvalue weighted by atomic mass is 10.1. The van der Waals surface area contributed by atoms with E-state index in [4.69, 9.17) is 10.5 Å². The topological polar surface area (TPSA) is 64.4 Å². The summed E-state index contributed by atoms with van der Waals surface area (Å²) in [5.74, 6) is 0.806. The Labute approximate surface area is 124 Å². The molecule has 1 fully saturated rings. The third kappa shape index (κ3) is 2.67. The number of carbonyl (C=O) groups is 1. The van der Waals surface area contributed by atoms with Crippen molar-refractivity contribution in [2.75, 3.05) is 17.7 Å². The van der Waals surface area contributed by atoms with E-state index >= 15 is 0 Å². The Morgan fingerprint density at radius 3 is 3.11 bits per heavy atom. The van der Waals surface area contributed by atoms with Crippen molar-refractivity contribution < 1.29 is 9.53 Å². The van der Waals surface area contributed by atoms with E-state index in [1.807, 2.05) is 12.1 Å². The van der Waals surface area contributed by atoms with E-state index in [0.29, 0.717) is 6.10 Å². The average molecular weight is 343 g/mol. The van der Waals surface area contributed by atoms with Crippen LogP contribution in [0.4, 0.5) is 5.69 Å². The van der Waals surface area contributed by atoms with Crippen LogP contribution in [-0.4, -0.2) is 24.4 Å². The highest BCUT2D eigenvalue weighted by Gasteiger charge is 2.28. The van der Waals surface area contributed by atoms with Gasteiger partial charge >= 0.3 is 0 Å². The number of ether oxygens (including phenoxy) is 1. The molecule has 19 heavy (non-hydrogen) atoms. The molecule has 1 saturated heterocycles. The second-order valence-electron chi connectivity index (χ2n) is 4.78. The smallest absolute Gasteiger partial charge is 0.245 e. The number of carbonyl (C=O) groups excluding carboxylic acids is 1. The zero-order chi connectivity index (χ0) is 13.4. The molecule has 1 amide bonds. The third-order valence-corrected chi connectivity index (χ3v) is 5.53. The van der Waals surface area contributed by atoms with Gasteiger partial charge in [-0.15, -0.1) is 11.8 Å². The van der Waals surface area contributed by atoms with Crippen LogP contribution < -0.4 is 11.1 Å². The summed E-state index contributed by atoms with van der Waals surface area (Å²) >= 11 is 5.30. The first-order valence-electron chi connectivity index (χ1n) is 6.29. The van der Waals surface area contributed by atoms with Crippen LogP contribution in [0.15, 0.2) is 21.5 Å². The molecule has 2 atom stereocenters. The number of amides is 1. The standard InChI is InChI=1S/C13H15BrN2O2S/c14-9-4-8-10(16-13(17)12(8)15)5-11(9)19-6-7-2-1-3-18-7/h4-5,7,12H,1-3,6,15H2,(H,16,17). The van der Waals surface area contributed by atoms with E-state index in [0.717, 1.165) is 45.8 Å². The molecule has 0 radical (unpaired) electrons. The second-order valence-corrected chi connectivity index (χ2v) is 6.70. The Hall–Kier alpha value is -0.560. The van der Waals surface area contributed by atoms with Crippen LogP contribution in [-0.2, 0) is 9.53 Å². The van der Waals surface area contributed by atoms with Gasteiger partial charge in [-0.05, 0) is 40.9 Å². The van der Waals surface area contributed by atoms with E-state index in [-0.39, 0.29) is 5.91 Å². The number of rotatable bonds is 3. The minimum Gasteiger partial charge on any atom is -0.377 e. The minimum atomic E-state index is -0.552. The van der Waals surface area contributed by atoms with Gasteiger partial charge in [0.2, 0.25) is 5.91 Å². The van der Waals surface area contributed by atoms with Crippen molar-refractivity contribution in [1.29, 1.82) is 0 Å². The summed E-state index contributed by atoms with van der Waals surface area (Å²) in [6.45, 7) is 0.876. The zero-order valence-corrected chi connectivity index (χ0v) is 12.7. The van der Waals surface area contributed by atoms with Crippen molar-refractivity contribution >= 4 is 39.3 Å². The molecule has 2 unspecified atom stereocenters. The highest BCUT2D eigenvalue weighted by Crippen LogP contribution is 2.38. The average Bonchev–Trinajstić information content (AvgIpc) is 2.98. The predicted octanol–water partition coefficient (Wildman–Crippen LogP) is 2.67. The molecule has 0 spiro atoms. The van der Waals surface area contributed by atoms with Crippen molar-refractivity contribution in [3.8, 4) is 0 Å². The van der Waals surface area contributed by atoms with Gasteiger partial charge in [0.1, 0.15) is 6.04 Å². The number of thioether (sulfide) groups is 1. The normalized spacial score (nSPS) is 25.5. The zero-order valence-electron chi connectivity index (χ0n) is 10.3. The quantitative estimate of drug-likeness (QED) is 0.829. The van der Waals surface area contributed by atoms with Crippen LogP contribution in [0.2, 0.25) is 0 Å². The van der Waals surface area contributed by atoms with Crippen molar-refractivity contribution in [1.82, 2.24) is 0 Å². The van der Waals surface area contributed by atoms with Gasteiger partial charge in [0.15, 0.2) is 0 Å². The molecule has 3 N–H and O–H groups in total. The summed E-state index contributed by atoms with van der Waals surface area (Å²) in [5, 5.41) is 2.81. The van der Waals surface area contributed by atoms with Crippen molar-refractivity contribution in [2.24, 2.45) is 5.73 Å². The Kier molecular flexibility index (Phi) is 3.84. The number of hydrogen-bond donors (Lipinski definition) is 2. The van der Waals surface area contributed by atoms with Crippen LogP contribution in [0.5, 0.6) is 0 Å². The number of halogens is 1. The molecule has 4 nitrogen and oxygen atoms in total. The molecule has 0 saturated carbocycles. The molecule has 6 heteroatoms. The van der Waals surface area contributed by atoms with Crippen molar-refractivity contribution in [2.45, 2.75) is 29.9 Å². The molecule has 0 aliphatic carbocycles. The van der Waals surface area contributed by atoms with Gasteiger partial charge in [0, 0.05) is 33.0 Å². The lowest BCUT2D eigenvalue weighted by Crippen LogP contribution is -2.19. The lowest BCUT2D eigenvalue weighted by molar-refractivity contribution is -0.116. The van der Waals surface area contributed by atoms with Gasteiger partial charge < -0.3 is 15.8 Å². The summed E-state index contributed by atoms with van der Waals surface area (Å²) in [5.41, 5.74) is 7.51. The fourth-order valence-electron chi connectivity index (χ4n) is 2.36. The molecule has 0 aromatic heterocycles. The SMILES string of the molecule is NC1C(=O)Nc2cc(SCC3CCCO3)c(Br)cc21.